The summed E-state index contributed by atoms with van der Waals surface area (Å²) in [5, 5.41) is 1.10. The molecule has 1 amide bonds. The maximum atomic E-state index is 12.2. The minimum atomic E-state index is 0.229. The summed E-state index contributed by atoms with van der Waals surface area (Å²) >= 11 is 11.9. The number of piperazine rings is 1. The Labute approximate surface area is 130 Å². The summed E-state index contributed by atoms with van der Waals surface area (Å²) in [6.07, 6.45) is 1.24. The van der Waals surface area contributed by atoms with Crippen LogP contribution >= 0.6 is 23.2 Å². The third-order valence-corrected chi connectivity index (χ3v) is 4.52. The van der Waals surface area contributed by atoms with Crippen molar-refractivity contribution in [2.45, 2.75) is 19.8 Å². The van der Waals surface area contributed by atoms with Crippen LogP contribution in [0.2, 0.25) is 10.0 Å². The van der Waals surface area contributed by atoms with Crippen molar-refractivity contribution in [3.05, 3.63) is 33.8 Å². The van der Waals surface area contributed by atoms with Crippen LogP contribution in [0.1, 0.15) is 18.9 Å². The summed E-state index contributed by atoms with van der Waals surface area (Å²) in [4.78, 5) is 16.5. The molecule has 0 aliphatic carbocycles. The minimum absolute atomic E-state index is 0.229. The normalized spacial score (nSPS) is 16.4. The van der Waals surface area contributed by atoms with E-state index in [9.17, 15) is 4.79 Å². The zero-order valence-corrected chi connectivity index (χ0v) is 13.3. The number of amides is 1. The fourth-order valence-electron chi connectivity index (χ4n) is 2.42. The van der Waals surface area contributed by atoms with Gasteiger partial charge in [0.1, 0.15) is 0 Å². The lowest BCUT2D eigenvalue weighted by atomic mass is 10.1. The first-order valence-corrected chi connectivity index (χ1v) is 7.80. The Hall–Kier alpha value is -0.770. The monoisotopic (exact) mass is 314 g/mol. The summed E-state index contributed by atoms with van der Waals surface area (Å²) in [5.74, 6) is 0.229. The molecule has 0 atom stereocenters. The number of likely N-dealkylation sites (N-methyl/N-ethyl adjacent to an activating group) is 1. The van der Waals surface area contributed by atoms with Gasteiger partial charge in [0.2, 0.25) is 5.91 Å². The zero-order valence-electron chi connectivity index (χ0n) is 11.7. The fraction of sp³-hybridized carbons (Fsp3) is 0.533. The van der Waals surface area contributed by atoms with E-state index in [1.54, 1.807) is 6.07 Å². The first-order valence-electron chi connectivity index (χ1n) is 7.04. The molecule has 0 unspecified atom stereocenters. The number of benzene rings is 1. The second-order valence-corrected chi connectivity index (χ2v) is 5.88. The van der Waals surface area contributed by atoms with Crippen LogP contribution in [-0.4, -0.2) is 48.4 Å². The Morgan fingerprint density at radius 1 is 1.15 bits per heavy atom. The van der Waals surface area contributed by atoms with Crippen molar-refractivity contribution >= 4 is 29.1 Å². The third kappa shape index (κ3) is 4.11. The predicted octanol–water partition coefficient (Wildman–Crippen LogP) is 3.09. The average Bonchev–Trinajstić information content (AvgIpc) is 2.48. The number of aryl methyl sites for hydroxylation is 1. The molecular weight excluding hydrogens is 295 g/mol. The van der Waals surface area contributed by atoms with Crippen molar-refractivity contribution in [1.29, 1.82) is 0 Å². The van der Waals surface area contributed by atoms with E-state index in [0.717, 1.165) is 38.3 Å². The van der Waals surface area contributed by atoms with Gasteiger partial charge >= 0.3 is 0 Å². The molecule has 0 aromatic heterocycles. The van der Waals surface area contributed by atoms with Crippen LogP contribution in [0.3, 0.4) is 0 Å². The molecule has 1 fully saturated rings. The van der Waals surface area contributed by atoms with E-state index in [-0.39, 0.29) is 5.91 Å². The first-order chi connectivity index (χ1) is 9.60. The van der Waals surface area contributed by atoms with Crippen molar-refractivity contribution in [1.82, 2.24) is 9.80 Å². The molecule has 1 saturated heterocycles. The van der Waals surface area contributed by atoms with E-state index < -0.39 is 0 Å². The summed E-state index contributed by atoms with van der Waals surface area (Å²) in [6, 6.07) is 5.55. The third-order valence-electron chi connectivity index (χ3n) is 3.78. The molecule has 20 heavy (non-hydrogen) atoms. The standard InChI is InChI=1S/C15H20Cl2N2O/c1-2-18-7-9-19(10-8-18)15(20)6-4-12-3-5-13(16)14(17)11-12/h3,5,11H,2,4,6-10H2,1H3. The largest absolute Gasteiger partial charge is 0.340 e. The Bertz CT molecular complexity index is 471. The van der Waals surface area contributed by atoms with Crippen LogP contribution in [0, 0.1) is 0 Å². The van der Waals surface area contributed by atoms with Gasteiger partial charge in [-0.1, -0.05) is 36.2 Å². The predicted molar refractivity (Wildman–Crippen MR) is 83.5 cm³/mol. The second kappa shape index (κ2) is 7.30. The molecule has 1 aromatic carbocycles. The number of carbonyl (C=O) groups is 1. The van der Waals surface area contributed by atoms with Crippen molar-refractivity contribution in [2.24, 2.45) is 0 Å². The van der Waals surface area contributed by atoms with Crippen LogP contribution in [0.5, 0.6) is 0 Å². The Balaban J connectivity index is 1.81. The molecule has 2 rings (SSSR count). The van der Waals surface area contributed by atoms with Crippen LogP contribution in [0.15, 0.2) is 18.2 Å². The van der Waals surface area contributed by atoms with Gasteiger partial charge in [0.05, 0.1) is 10.0 Å². The van der Waals surface area contributed by atoms with Gasteiger partial charge in [-0.3, -0.25) is 4.79 Å². The van der Waals surface area contributed by atoms with Crippen LogP contribution in [0.25, 0.3) is 0 Å². The van der Waals surface area contributed by atoms with Gasteiger partial charge < -0.3 is 9.80 Å². The fourth-order valence-corrected chi connectivity index (χ4v) is 2.74. The van der Waals surface area contributed by atoms with Crippen LogP contribution in [0.4, 0.5) is 0 Å². The van der Waals surface area contributed by atoms with Crippen molar-refractivity contribution in [3.8, 4) is 0 Å². The topological polar surface area (TPSA) is 23.6 Å². The summed E-state index contributed by atoms with van der Waals surface area (Å²) < 4.78 is 0. The lowest BCUT2D eigenvalue weighted by molar-refractivity contribution is -0.132. The van der Waals surface area contributed by atoms with Gasteiger partial charge in [0.25, 0.3) is 0 Å². The maximum Gasteiger partial charge on any atom is 0.222 e. The molecule has 0 spiro atoms. The highest BCUT2D eigenvalue weighted by Crippen LogP contribution is 2.23. The lowest BCUT2D eigenvalue weighted by Crippen LogP contribution is -2.48. The lowest BCUT2D eigenvalue weighted by Gasteiger charge is -2.34. The molecule has 0 N–H and O–H groups in total. The quantitative estimate of drug-likeness (QED) is 0.852. The highest BCUT2D eigenvalue weighted by molar-refractivity contribution is 6.42. The van der Waals surface area contributed by atoms with Gasteiger partial charge in [-0.15, -0.1) is 0 Å². The molecule has 1 heterocycles. The van der Waals surface area contributed by atoms with E-state index in [0.29, 0.717) is 22.9 Å². The summed E-state index contributed by atoms with van der Waals surface area (Å²) in [7, 11) is 0. The highest BCUT2D eigenvalue weighted by Gasteiger charge is 2.19. The highest BCUT2D eigenvalue weighted by atomic mass is 35.5. The number of hydrogen-bond donors (Lipinski definition) is 0. The maximum absolute atomic E-state index is 12.2. The van der Waals surface area contributed by atoms with Crippen molar-refractivity contribution < 1.29 is 4.79 Å². The van der Waals surface area contributed by atoms with Crippen LogP contribution < -0.4 is 0 Å². The Morgan fingerprint density at radius 3 is 2.45 bits per heavy atom. The molecule has 1 aliphatic rings. The van der Waals surface area contributed by atoms with E-state index in [2.05, 4.69) is 11.8 Å². The van der Waals surface area contributed by atoms with Gasteiger partial charge in [-0.2, -0.15) is 0 Å². The molecule has 5 heteroatoms. The van der Waals surface area contributed by atoms with Gasteiger partial charge in [-0.25, -0.2) is 0 Å². The van der Waals surface area contributed by atoms with Gasteiger partial charge in [0, 0.05) is 32.6 Å². The SMILES string of the molecule is CCN1CCN(C(=O)CCc2ccc(Cl)c(Cl)c2)CC1. The summed E-state index contributed by atoms with van der Waals surface area (Å²) in [5.41, 5.74) is 1.06. The van der Waals surface area contributed by atoms with Gasteiger partial charge in [-0.05, 0) is 30.7 Å². The zero-order chi connectivity index (χ0) is 14.5. The first kappa shape index (κ1) is 15.6. The molecule has 3 nitrogen and oxygen atoms in total. The van der Waals surface area contributed by atoms with Crippen molar-refractivity contribution in [2.75, 3.05) is 32.7 Å². The molecule has 0 radical (unpaired) electrons. The number of carbonyl (C=O) groups excluding carboxylic acids is 1. The number of hydrogen-bond acceptors (Lipinski definition) is 2. The Kier molecular flexibility index (Phi) is 5.70. The number of halogens is 2. The summed E-state index contributed by atoms with van der Waals surface area (Å²) in [6.45, 7) is 6.86. The number of rotatable bonds is 4. The molecular formula is C15H20Cl2N2O. The Morgan fingerprint density at radius 2 is 1.85 bits per heavy atom. The van der Waals surface area contributed by atoms with E-state index in [1.807, 2.05) is 17.0 Å². The molecule has 0 saturated carbocycles. The molecule has 1 aromatic rings. The molecule has 0 bridgehead atoms. The van der Waals surface area contributed by atoms with E-state index in [1.165, 1.54) is 0 Å². The smallest absolute Gasteiger partial charge is 0.222 e. The van der Waals surface area contributed by atoms with Crippen LogP contribution in [-0.2, 0) is 11.2 Å². The number of nitrogens with zero attached hydrogens (tertiary/aromatic N) is 2. The van der Waals surface area contributed by atoms with Crippen molar-refractivity contribution in [3.63, 3.8) is 0 Å². The molecule has 110 valence electrons. The second-order valence-electron chi connectivity index (χ2n) is 5.06. The average molecular weight is 315 g/mol. The van der Waals surface area contributed by atoms with E-state index in [4.69, 9.17) is 23.2 Å². The van der Waals surface area contributed by atoms with E-state index >= 15 is 0 Å². The molecule has 1 aliphatic heterocycles. The minimum Gasteiger partial charge on any atom is -0.340 e. The van der Waals surface area contributed by atoms with Gasteiger partial charge in [0.15, 0.2) is 0 Å².